The second-order valence-corrected chi connectivity index (χ2v) is 9.96. The van der Waals surface area contributed by atoms with Crippen LogP contribution in [-0.2, 0) is 23.9 Å². The van der Waals surface area contributed by atoms with Crippen LogP contribution in [0.4, 0.5) is 5.69 Å². The smallest absolute Gasteiger partial charge is 0.307 e. The minimum Gasteiger partial charge on any atom is -0.340 e. The largest absolute Gasteiger partial charge is 0.340 e. The average molecular weight is 412 g/mol. The Hall–Kier alpha value is -2.71. The molecule has 4 bridgehead atoms. The van der Waals surface area contributed by atoms with Gasteiger partial charge in [-0.15, -0.1) is 0 Å². The Balaban J connectivity index is 1.37. The van der Waals surface area contributed by atoms with Crippen molar-refractivity contribution in [3.05, 3.63) is 40.5 Å². The van der Waals surface area contributed by atoms with Crippen LogP contribution in [0.25, 0.3) is 0 Å². The predicted octanol–water partition coefficient (Wildman–Crippen LogP) is 2.87. The lowest BCUT2D eigenvalue weighted by atomic mass is 9.46. The summed E-state index contributed by atoms with van der Waals surface area (Å²) < 4.78 is 3.66. The van der Waals surface area contributed by atoms with Gasteiger partial charge >= 0.3 is 5.69 Å². The third-order valence-electron chi connectivity index (χ3n) is 7.69. The van der Waals surface area contributed by atoms with E-state index >= 15 is 0 Å². The summed E-state index contributed by atoms with van der Waals surface area (Å²) in [5.41, 5.74) is 0.852. The molecule has 0 radical (unpaired) electrons. The molecule has 2 unspecified atom stereocenters. The van der Waals surface area contributed by atoms with Gasteiger partial charge in [0, 0.05) is 26.7 Å². The van der Waals surface area contributed by atoms with Crippen LogP contribution in [0.15, 0.2) is 24.7 Å². The summed E-state index contributed by atoms with van der Waals surface area (Å²) in [5, 5.41) is 19.8. The van der Waals surface area contributed by atoms with Crippen molar-refractivity contribution in [1.29, 1.82) is 0 Å². The minimum atomic E-state index is -0.378. The number of carbonyl (C=O) groups is 1. The maximum Gasteiger partial charge on any atom is 0.307 e. The molecule has 30 heavy (non-hydrogen) atoms. The molecule has 2 heterocycles. The number of carbonyl (C=O) groups excluding carboxylic acids is 1. The number of nitrogens with zero attached hydrogens (tertiary/aromatic N) is 6. The van der Waals surface area contributed by atoms with Gasteiger partial charge in [-0.3, -0.25) is 24.3 Å². The van der Waals surface area contributed by atoms with Crippen LogP contribution in [0.3, 0.4) is 0 Å². The monoisotopic (exact) mass is 412 g/mol. The lowest BCUT2D eigenvalue weighted by Gasteiger charge is -2.62. The van der Waals surface area contributed by atoms with Gasteiger partial charge < -0.3 is 4.90 Å². The van der Waals surface area contributed by atoms with Gasteiger partial charge in [-0.2, -0.15) is 10.2 Å². The molecule has 0 N–H and O–H groups in total. The molecule has 6 rings (SSSR count). The van der Waals surface area contributed by atoms with E-state index in [1.54, 1.807) is 22.0 Å². The summed E-state index contributed by atoms with van der Waals surface area (Å²) in [6.07, 6.45) is 11.5. The summed E-state index contributed by atoms with van der Waals surface area (Å²) in [7, 11) is 3.75. The molecule has 9 heteroatoms. The van der Waals surface area contributed by atoms with Gasteiger partial charge in [0.15, 0.2) is 0 Å². The molecule has 0 spiro atoms. The van der Waals surface area contributed by atoms with Crippen LogP contribution < -0.4 is 0 Å². The van der Waals surface area contributed by atoms with E-state index in [-0.39, 0.29) is 27.5 Å². The van der Waals surface area contributed by atoms with Gasteiger partial charge in [-0.05, 0) is 61.8 Å². The number of rotatable bonds is 6. The van der Waals surface area contributed by atoms with Crippen molar-refractivity contribution in [1.82, 2.24) is 24.5 Å². The van der Waals surface area contributed by atoms with E-state index in [0.717, 1.165) is 37.8 Å². The van der Waals surface area contributed by atoms with E-state index in [1.165, 1.54) is 12.6 Å². The second kappa shape index (κ2) is 6.65. The molecule has 4 saturated carbocycles. The van der Waals surface area contributed by atoms with Crippen LogP contribution >= 0.6 is 0 Å². The van der Waals surface area contributed by atoms with E-state index in [2.05, 4.69) is 10.2 Å². The number of hydrogen-bond acceptors (Lipinski definition) is 5. The summed E-state index contributed by atoms with van der Waals surface area (Å²) in [6.45, 7) is 0.550. The molecule has 4 fully saturated rings. The van der Waals surface area contributed by atoms with E-state index < -0.39 is 0 Å². The zero-order valence-corrected chi connectivity index (χ0v) is 17.5. The van der Waals surface area contributed by atoms with Crippen molar-refractivity contribution in [3.8, 4) is 0 Å². The Bertz CT molecular complexity index is 981. The first-order chi connectivity index (χ1) is 14.3. The van der Waals surface area contributed by atoms with Crippen LogP contribution in [0, 0.1) is 27.4 Å². The van der Waals surface area contributed by atoms with Gasteiger partial charge in [0.2, 0.25) is 5.91 Å². The summed E-state index contributed by atoms with van der Waals surface area (Å²) in [5.74, 6) is 1.31. The SMILES string of the molecule is CN(Cc1ccnn1C)C(=O)CC12CC3CC(C1)CC(n1cc([N+](=O)[O-])cn1)(C3)C2. The normalized spacial score (nSPS) is 31.8. The molecule has 0 aliphatic heterocycles. The van der Waals surface area contributed by atoms with Gasteiger partial charge in [0.25, 0.3) is 0 Å². The maximum atomic E-state index is 13.2. The molecule has 0 saturated heterocycles. The summed E-state index contributed by atoms with van der Waals surface area (Å²) in [6, 6.07) is 1.94. The third kappa shape index (κ3) is 3.11. The Labute approximate surface area is 175 Å². The van der Waals surface area contributed by atoms with Crippen LogP contribution in [0.2, 0.25) is 0 Å². The van der Waals surface area contributed by atoms with E-state index in [0.29, 0.717) is 24.8 Å². The highest BCUT2D eigenvalue weighted by atomic mass is 16.6. The standard InChI is InChI=1S/C21H28N6O3/c1-24(12-17-3-4-22-25(17)2)19(28)10-20-6-15-5-16(7-20)9-21(8-15,14-20)26-13-18(11-23-26)27(29)30/h3-4,11,13,15-16H,5-10,12,14H2,1-2H3. The summed E-state index contributed by atoms with van der Waals surface area (Å²) >= 11 is 0. The highest BCUT2D eigenvalue weighted by Gasteiger charge is 2.59. The predicted molar refractivity (Wildman–Crippen MR) is 108 cm³/mol. The number of amides is 1. The molecular formula is C21H28N6O3. The van der Waals surface area contributed by atoms with Crippen molar-refractivity contribution >= 4 is 11.6 Å². The number of aromatic nitrogens is 4. The Morgan fingerprint density at radius 2 is 2.03 bits per heavy atom. The van der Waals surface area contributed by atoms with Crippen molar-refractivity contribution in [2.24, 2.45) is 24.3 Å². The van der Waals surface area contributed by atoms with Gasteiger partial charge in [0.1, 0.15) is 12.4 Å². The van der Waals surface area contributed by atoms with Crippen LogP contribution in [0.5, 0.6) is 0 Å². The third-order valence-corrected chi connectivity index (χ3v) is 7.69. The fraction of sp³-hybridized carbons (Fsp3) is 0.667. The Morgan fingerprint density at radius 3 is 2.63 bits per heavy atom. The zero-order valence-electron chi connectivity index (χ0n) is 17.5. The summed E-state index contributed by atoms with van der Waals surface area (Å²) in [4.78, 5) is 25.8. The lowest BCUT2D eigenvalue weighted by Crippen LogP contribution is -2.57. The van der Waals surface area contributed by atoms with Crippen molar-refractivity contribution in [2.75, 3.05) is 7.05 Å². The molecular weight excluding hydrogens is 384 g/mol. The van der Waals surface area contributed by atoms with E-state index in [4.69, 9.17) is 0 Å². The number of aryl methyl sites for hydroxylation is 1. The first-order valence-corrected chi connectivity index (χ1v) is 10.7. The Morgan fingerprint density at radius 1 is 1.30 bits per heavy atom. The van der Waals surface area contributed by atoms with E-state index in [9.17, 15) is 14.9 Å². The quantitative estimate of drug-likeness (QED) is 0.537. The Kier molecular flexibility index (Phi) is 4.27. The molecule has 2 aromatic rings. The molecule has 4 aliphatic carbocycles. The first kappa shape index (κ1) is 19.3. The second-order valence-electron chi connectivity index (χ2n) is 9.96. The van der Waals surface area contributed by atoms with Gasteiger partial charge in [0.05, 0.1) is 22.7 Å². The molecule has 160 valence electrons. The van der Waals surface area contributed by atoms with Gasteiger partial charge in [-0.25, -0.2) is 0 Å². The lowest BCUT2D eigenvalue weighted by molar-refractivity contribution is -0.385. The molecule has 9 nitrogen and oxygen atoms in total. The maximum absolute atomic E-state index is 13.2. The van der Waals surface area contributed by atoms with E-state index in [1.807, 2.05) is 24.8 Å². The highest BCUT2D eigenvalue weighted by Crippen LogP contribution is 2.65. The fourth-order valence-electron chi connectivity index (χ4n) is 6.89. The first-order valence-electron chi connectivity index (χ1n) is 10.7. The topological polar surface area (TPSA) is 99.1 Å². The minimum absolute atomic E-state index is 0.0252. The molecule has 4 aliphatic rings. The molecule has 2 aromatic heterocycles. The van der Waals surface area contributed by atoms with Gasteiger partial charge in [-0.1, -0.05) is 0 Å². The zero-order chi connectivity index (χ0) is 21.1. The van der Waals surface area contributed by atoms with Crippen molar-refractivity contribution in [3.63, 3.8) is 0 Å². The molecule has 0 aromatic carbocycles. The number of nitro groups is 1. The molecule has 1 amide bonds. The van der Waals surface area contributed by atoms with Crippen LogP contribution in [0.1, 0.15) is 50.6 Å². The number of hydrogen-bond donors (Lipinski definition) is 0. The highest BCUT2D eigenvalue weighted by molar-refractivity contribution is 5.76. The fourth-order valence-corrected chi connectivity index (χ4v) is 6.89. The van der Waals surface area contributed by atoms with Crippen LogP contribution in [-0.4, -0.2) is 42.3 Å². The van der Waals surface area contributed by atoms with Crippen molar-refractivity contribution < 1.29 is 9.72 Å². The van der Waals surface area contributed by atoms with Crippen molar-refractivity contribution in [2.45, 2.75) is 57.0 Å². The molecule has 2 atom stereocenters. The average Bonchev–Trinajstić information content (AvgIpc) is 3.30.